The molecule has 0 N–H and O–H groups in total. The number of hydrogen-bond donors (Lipinski definition) is 0. The Bertz CT molecular complexity index is 343. The fourth-order valence-electron chi connectivity index (χ4n) is 1.30. The van der Waals surface area contributed by atoms with Crippen LogP contribution in [0, 0.1) is 0 Å². The van der Waals surface area contributed by atoms with Gasteiger partial charge in [-0.2, -0.15) is 0 Å². The second-order valence-electron chi connectivity index (χ2n) is 3.21. The molecule has 0 radical (unpaired) electrons. The minimum Gasteiger partial charge on any atom is -0.247 e. The lowest BCUT2D eigenvalue weighted by Gasteiger charge is -2.03. The van der Waals surface area contributed by atoms with Crippen molar-refractivity contribution < 1.29 is 9.18 Å². The van der Waals surface area contributed by atoms with E-state index in [1.807, 2.05) is 24.3 Å². The average molecular weight is 193 g/mol. The van der Waals surface area contributed by atoms with Gasteiger partial charge >= 0.3 is 0 Å². The second-order valence-corrected chi connectivity index (χ2v) is 3.21. The molecular formula is C11H12FNO. The maximum Gasteiger partial charge on any atom is 0.235 e. The summed E-state index contributed by atoms with van der Waals surface area (Å²) in [5, 5.41) is 0. The van der Waals surface area contributed by atoms with Crippen LogP contribution in [0.1, 0.15) is 18.1 Å². The van der Waals surface area contributed by atoms with Gasteiger partial charge in [0.15, 0.2) is 0 Å². The first kappa shape index (κ1) is 10.6. The van der Waals surface area contributed by atoms with E-state index in [4.69, 9.17) is 0 Å². The summed E-state index contributed by atoms with van der Waals surface area (Å²) in [4.78, 5) is 13.4. The number of carbonyl (C=O) groups excluding carboxylic acids is 1. The molecule has 0 fully saturated rings. The third-order valence-corrected chi connectivity index (χ3v) is 1.83. The van der Waals surface area contributed by atoms with E-state index in [9.17, 15) is 9.18 Å². The van der Waals surface area contributed by atoms with Crippen LogP contribution in [0.2, 0.25) is 0 Å². The third-order valence-electron chi connectivity index (χ3n) is 1.83. The largest absolute Gasteiger partial charge is 0.247 e. The molecule has 1 rings (SSSR count). The van der Waals surface area contributed by atoms with Crippen LogP contribution in [0.3, 0.4) is 0 Å². The zero-order chi connectivity index (χ0) is 10.4. The number of aliphatic imine (C=N–C) groups is 1. The summed E-state index contributed by atoms with van der Waals surface area (Å²) in [7, 11) is 0. The molecule has 0 saturated carbocycles. The van der Waals surface area contributed by atoms with Gasteiger partial charge in [-0.3, -0.25) is 0 Å². The molecule has 2 nitrogen and oxygen atoms in total. The fraction of sp³-hybridized carbons (Fsp3) is 0.364. The molecule has 0 bridgehead atoms. The number of nitrogens with zero attached hydrogens (tertiary/aromatic N) is 1. The monoisotopic (exact) mass is 193 g/mol. The molecule has 0 aromatic heterocycles. The second kappa shape index (κ2) is 5.30. The van der Waals surface area contributed by atoms with Crippen molar-refractivity contribution in [1.29, 1.82) is 0 Å². The van der Waals surface area contributed by atoms with Crippen molar-refractivity contribution in [1.82, 2.24) is 0 Å². The van der Waals surface area contributed by atoms with Gasteiger partial charge in [0, 0.05) is 6.42 Å². The normalized spacial score (nSPS) is 11.9. The van der Waals surface area contributed by atoms with E-state index in [-0.39, 0.29) is 0 Å². The molecule has 0 amide bonds. The van der Waals surface area contributed by atoms with Gasteiger partial charge < -0.3 is 0 Å². The standard InChI is InChI=1S/C11H12FNO/c1-9(12)5-10-3-2-4-11(6-10)7-13-8-14/h2-4,6,9H,5,7H2,1H3. The summed E-state index contributed by atoms with van der Waals surface area (Å²) in [6.07, 6.45) is 1.03. The van der Waals surface area contributed by atoms with Gasteiger partial charge in [-0.1, -0.05) is 24.3 Å². The van der Waals surface area contributed by atoms with E-state index in [2.05, 4.69) is 4.99 Å². The first-order chi connectivity index (χ1) is 6.72. The van der Waals surface area contributed by atoms with E-state index in [1.165, 1.54) is 13.0 Å². The van der Waals surface area contributed by atoms with E-state index >= 15 is 0 Å². The smallest absolute Gasteiger partial charge is 0.235 e. The molecule has 1 aromatic carbocycles. The Kier molecular flexibility index (Phi) is 4.02. The minimum atomic E-state index is -0.847. The Morgan fingerprint density at radius 2 is 2.21 bits per heavy atom. The summed E-state index contributed by atoms with van der Waals surface area (Å²) in [5.41, 5.74) is 1.84. The quantitative estimate of drug-likeness (QED) is 0.533. The Morgan fingerprint density at radius 3 is 2.86 bits per heavy atom. The average Bonchev–Trinajstić information content (AvgIpc) is 2.14. The summed E-state index contributed by atoms with van der Waals surface area (Å²) in [6, 6.07) is 7.42. The molecule has 0 saturated heterocycles. The van der Waals surface area contributed by atoms with Crippen LogP contribution in [-0.4, -0.2) is 12.3 Å². The molecule has 0 aliphatic carbocycles. The van der Waals surface area contributed by atoms with Gasteiger partial charge in [0.2, 0.25) is 6.08 Å². The number of alkyl halides is 1. The van der Waals surface area contributed by atoms with Crippen molar-refractivity contribution in [3.8, 4) is 0 Å². The van der Waals surface area contributed by atoms with Crippen LogP contribution < -0.4 is 0 Å². The summed E-state index contributed by atoms with van der Waals surface area (Å²) in [6.45, 7) is 1.84. The summed E-state index contributed by atoms with van der Waals surface area (Å²) in [5.74, 6) is 0. The zero-order valence-corrected chi connectivity index (χ0v) is 8.03. The lowest BCUT2D eigenvalue weighted by molar-refractivity contribution is 0.360. The maximum atomic E-state index is 12.7. The molecule has 0 heterocycles. The molecular weight excluding hydrogens is 181 g/mol. The minimum absolute atomic E-state index is 0.317. The highest BCUT2D eigenvalue weighted by molar-refractivity contribution is 5.34. The molecule has 3 heteroatoms. The molecule has 1 atom stereocenters. The fourth-order valence-corrected chi connectivity index (χ4v) is 1.30. The van der Waals surface area contributed by atoms with Crippen LogP contribution in [0.15, 0.2) is 29.3 Å². The van der Waals surface area contributed by atoms with Gasteiger partial charge in [-0.25, -0.2) is 14.2 Å². The predicted octanol–water partition coefficient (Wildman–Crippen LogP) is 2.42. The molecule has 14 heavy (non-hydrogen) atoms. The van der Waals surface area contributed by atoms with Gasteiger partial charge in [0.25, 0.3) is 0 Å². The van der Waals surface area contributed by atoms with E-state index in [0.717, 1.165) is 11.1 Å². The highest BCUT2D eigenvalue weighted by Crippen LogP contribution is 2.09. The number of halogens is 1. The van der Waals surface area contributed by atoms with Crippen molar-refractivity contribution in [3.63, 3.8) is 0 Å². The van der Waals surface area contributed by atoms with Crippen LogP contribution >= 0.6 is 0 Å². The van der Waals surface area contributed by atoms with Crippen molar-refractivity contribution in [3.05, 3.63) is 35.4 Å². The van der Waals surface area contributed by atoms with Gasteiger partial charge in [-0.15, -0.1) is 0 Å². The predicted molar refractivity (Wildman–Crippen MR) is 52.5 cm³/mol. The lowest BCUT2D eigenvalue weighted by Crippen LogP contribution is -1.98. The Labute approximate surface area is 82.5 Å². The summed E-state index contributed by atoms with van der Waals surface area (Å²) < 4.78 is 12.7. The highest BCUT2D eigenvalue weighted by Gasteiger charge is 2.01. The van der Waals surface area contributed by atoms with Crippen LogP contribution in [-0.2, 0) is 17.8 Å². The Balaban J connectivity index is 2.73. The van der Waals surface area contributed by atoms with Crippen molar-refractivity contribution in [2.75, 3.05) is 0 Å². The Morgan fingerprint density at radius 1 is 1.50 bits per heavy atom. The summed E-state index contributed by atoms with van der Waals surface area (Å²) >= 11 is 0. The van der Waals surface area contributed by atoms with Gasteiger partial charge in [0.05, 0.1) is 6.54 Å². The van der Waals surface area contributed by atoms with Crippen LogP contribution in [0.4, 0.5) is 4.39 Å². The lowest BCUT2D eigenvalue weighted by atomic mass is 10.1. The number of benzene rings is 1. The van der Waals surface area contributed by atoms with Crippen LogP contribution in [0.25, 0.3) is 0 Å². The number of hydrogen-bond acceptors (Lipinski definition) is 2. The van der Waals surface area contributed by atoms with E-state index < -0.39 is 6.17 Å². The molecule has 1 aromatic rings. The number of isocyanates is 1. The van der Waals surface area contributed by atoms with Crippen molar-refractivity contribution in [2.45, 2.75) is 26.1 Å². The van der Waals surface area contributed by atoms with Crippen molar-refractivity contribution in [2.24, 2.45) is 4.99 Å². The van der Waals surface area contributed by atoms with Crippen molar-refractivity contribution >= 4 is 6.08 Å². The van der Waals surface area contributed by atoms with E-state index in [0.29, 0.717) is 13.0 Å². The van der Waals surface area contributed by atoms with Crippen LogP contribution in [0.5, 0.6) is 0 Å². The number of rotatable bonds is 4. The molecule has 0 aliphatic rings. The Hall–Kier alpha value is -1.47. The molecule has 1 unspecified atom stereocenters. The first-order valence-electron chi connectivity index (χ1n) is 4.48. The van der Waals surface area contributed by atoms with Gasteiger partial charge in [0.1, 0.15) is 6.17 Å². The molecule has 0 spiro atoms. The van der Waals surface area contributed by atoms with Gasteiger partial charge in [-0.05, 0) is 18.1 Å². The first-order valence-corrected chi connectivity index (χ1v) is 4.48. The molecule has 74 valence electrons. The molecule has 0 aliphatic heterocycles. The zero-order valence-electron chi connectivity index (χ0n) is 8.03. The topological polar surface area (TPSA) is 29.4 Å². The van der Waals surface area contributed by atoms with E-state index in [1.54, 1.807) is 0 Å². The highest BCUT2D eigenvalue weighted by atomic mass is 19.1. The SMILES string of the molecule is CC(F)Cc1cccc(CN=C=O)c1. The maximum absolute atomic E-state index is 12.7. The third kappa shape index (κ3) is 3.50.